The molecule has 140 valence electrons. The fourth-order valence-corrected chi connectivity index (χ4v) is 3.00. The molecule has 0 unspecified atom stereocenters. The fourth-order valence-electron chi connectivity index (χ4n) is 2.24. The van der Waals surface area contributed by atoms with Gasteiger partial charge in [0.25, 0.3) is 5.91 Å². The second kappa shape index (κ2) is 9.10. The standard InChI is InChI=1S/C18H21NO6S/c1-11-5-6-15(26-11)18(21)25-10-16(20)19-9-12-7-13(22-2)17(24-4)14(8-12)23-3/h5-8H,9-10H2,1-4H3,(H,19,20). The number of carbonyl (C=O) groups excluding carboxylic acids is 2. The van der Waals surface area contributed by atoms with Crippen molar-refractivity contribution < 1.29 is 28.5 Å². The molecule has 0 aliphatic heterocycles. The average Bonchev–Trinajstić information content (AvgIpc) is 3.09. The van der Waals surface area contributed by atoms with Gasteiger partial charge in [-0.1, -0.05) is 0 Å². The summed E-state index contributed by atoms with van der Waals surface area (Å²) in [7, 11) is 4.56. The first kappa shape index (κ1) is 19.6. The Kier molecular flexibility index (Phi) is 6.85. The largest absolute Gasteiger partial charge is 0.493 e. The Morgan fingerprint density at radius 1 is 1.04 bits per heavy atom. The van der Waals surface area contributed by atoms with Crippen molar-refractivity contribution in [2.75, 3.05) is 27.9 Å². The van der Waals surface area contributed by atoms with Crippen LogP contribution >= 0.6 is 11.3 Å². The molecule has 0 saturated heterocycles. The van der Waals surface area contributed by atoms with Gasteiger partial charge >= 0.3 is 5.97 Å². The van der Waals surface area contributed by atoms with Crippen molar-refractivity contribution in [2.45, 2.75) is 13.5 Å². The molecule has 2 rings (SSSR count). The van der Waals surface area contributed by atoms with Crippen LogP contribution in [0.3, 0.4) is 0 Å². The summed E-state index contributed by atoms with van der Waals surface area (Å²) in [6, 6.07) is 6.98. The lowest BCUT2D eigenvalue weighted by Crippen LogP contribution is -2.28. The lowest BCUT2D eigenvalue weighted by molar-refractivity contribution is -0.124. The Labute approximate surface area is 155 Å². The normalized spacial score (nSPS) is 10.2. The number of esters is 1. The Balaban J connectivity index is 1.91. The number of rotatable bonds is 8. The predicted molar refractivity (Wildman–Crippen MR) is 97.3 cm³/mol. The van der Waals surface area contributed by atoms with Crippen LogP contribution in [0.2, 0.25) is 0 Å². The van der Waals surface area contributed by atoms with Gasteiger partial charge in [-0.15, -0.1) is 11.3 Å². The third-order valence-electron chi connectivity index (χ3n) is 3.49. The molecular formula is C18H21NO6S. The van der Waals surface area contributed by atoms with Gasteiger partial charge in [0.2, 0.25) is 5.75 Å². The van der Waals surface area contributed by atoms with Crippen molar-refractivity contribution in [2.24, 2.45) is 0 Å². The third-order valence-corrected chi connectivity index (χ3v) is 4.47. The number of nitrogens with one attached hydrogen (secondary N) is 1. The molecule has 0 radical (unpaired) electrons. The number of hydrogen-bond acceptors (Lipinski definition) is 7. The first-order chi connectivity index (χ1) is 12.5. The zero-order chi connectivity index (χ0) is 19.1. The van der Waals surface area contributed by atoms with Crippen molar-refractivity contribution in [3.63, 3.8) is 0 Å². The van der Waals surface area contributed by atoms with Gasteiger partial charge in [0, 0.05) is 11.4 Å². The molecule has 0 saturated carbocycles. The Bertz CT molecular complexity index is 761. The van der Waals surface area contributed by atoms with E-state index in [1.807, 2.05) is 13.0 Å². The van der Waals surface area contributed by atoms with E-state index in [9.17, 15) is 9.59 Å². The highest BCUT2D eigenvalue weighted by atomic mass is 32.1. The minimum absolute atomic E-state index is 0.227. The van der Waals surface area contributed by atoms with E-state index in [0.717, 1.165) is 10.4 Å². The summed E-state index contributed by atoms with van der Waals surface area (Å²) in [5.74, 6) is 0.558. The van der Waals surface area contributed by atoms with Crippen molar-refractivity contribution in [1.29, 1.82) is 0 Å². The number of hydrogen-bond donors (Lipinski definition) is 1. The summed E-state index contributed by atoms with van der Waals surface area (Å²) < 4.78 is 20.8. The quantitative estimate of drug-likeness (QED) is 0.710. The predicted octanol–water partition coefficient (Wildman–Crippen LogP) is 2.56. The molecule has 0 aliphatic carbocycles. The zero-order valence-corrected chi connectivity index (χ0v) is 15.9. The molecule has 1 aromatic heterocycles. The van der Waals surface area contributed by atoms with Crippen LogP contribution in [0.4, 0.5) is 0 Å². The van der Waals surface area contributed by atoms with Crippen LogP contribution in [0.15, 0.2) is 24.3 Å². The Hall–Kier alpha value is -2.74. The van der Waals surface area contributed by atoms with Gasteiger partial charge < -0.3 is 24.3 Å². The van der Waals surface area contributed by atoms with E-state index in [4.69, 9.17) is 18.9 Å². The molecule has 1 aromatic carbocycles. The fraction of sp³-hybridized carbons (Fsp3) is 0.333. The summed E-state index contributed by atoms with van der Waals surface area (Å²) in [5.41, 5.74) is 0.757. The van der Waals surface area contributed by atoms with Gasteiger partial charge in [0.05, 0.1) is 21.3 Å². The minimum Gasteiger partial charge on any atom is -0.493 e. The van der Waals surface area contributed by atoms with E-state index in [1.54, 1.807) is 18.2 Å². The van der Waals surface area contributed by atoms with Crippen LogP contribution in [0, 0.1) is 6.92 Å². The molecule has 2 aromatic rings. The lowest BCUT2D eigenvalue weighted by atomic mass is 10.1. The molecular weight excluding hydrogens is 358 g/mol. The van der Waals surface area contributed by atoms with Gasteiger partial charge in [-0.3, -0.25) is 4.79 Å². The summed E-state index contributed by atoms with van der Waals surface area (Å²) >= 11 is 1.32. The summed E-state index contributed by atoms with van der Waals surface area (Å²) in [4.78, 5) is 25.2. The van der Waals surface area contributed by atoms with Crippen LogP contribution in [0.25, 0.3) is 0 Å². The number of carbonyl (C=O) groups is 2. The van der Waals surface area contributed by atoms with Crippen LogP contribution in [0.5, 0.6) is 17.2 Å². The van der Waals surface area contributed by atoms with Gasteiger partial charge in [-0.05, 0) is 36.8 Å². The molecule has 1 N–H and O–H groups in total. The average molecular weight is 379 g/mol. The van der Waals surface area contributed by atoms with Gasteiger partial charge in [-0.25, -0.2) is 4.79 Å². The number of amides is 1. The van der Waals surface area contributed by atoms with Crippen LogP contribution < -0.4 is 19.5 Å². The van der Waals surface area contributed by atoms with Crippen molar-refractivity contribution in [3.05, 3.63) is 39.6 Å². The van der Waals surface area contributed by atoms with Gasteiger partial charge in [0.15, 0.2) is 18.1 Å². The molecule has 0 spiro atoms. The number of thiophene rings is 1. The topological polar surface area (TPSA) is 83.1 Å². The van der Waals surface area contributed by atoms with Crippen LogP contribution in [0.1, 0.15) is 20.1 Å². The van der Waals surface area contributed by atoms with Crippen LogP contribution in [-0.4, -0.2) is 39.8 Å². The number of methoxy groups -OCH3 is 3. The second-order valence-corrected chi connectivity index (χ2v) is 6.58. The van der Waals surface area contributed by atoms with E-state index >= 15 is 0 Å². The second-order valence-electron chi connectivity index (χ2n) is 5.30. The third kappa shape index (κ3) is 4.89. The molecule has 1 heterocycles. The first-order valence-electron chi connectivity index (χ1n) is 7.77. The van der Waals surface area contributed by atoms with Gasteiger partial charge in [0.1, 0.15) is 4.88 Å². The molecule has 1 amide bonds. The highest BCUT2D eigenvalue weighted by molar-refractivity contribution is 7.13. The molecule has 0 bridgehead atoms. The van der Waals surface area contributed by atoms with Crippen molar-refractivity contribution >= 4 is 23.2 Å². The summed E-state index contributed by atoms with van der Waals surface area (Å²) in [6.45, 7) is 1.77. The minimum atomic E-state index is -0.508. The molecule has 8 heteroatoms. The maximum atomic E-state index is 11.9. The zero-order valence-electron chi connectivity index (χ0n) is 15.1. The number of benzene rings is 1. The molecule has 0 fully saturated rings. The molecule has 0 atom stereocenters. The summed E-state index contributed by atoms with van der Waals surface area (Å²) in [6.07, 6.45) is 0. The number of aryl methyl sites for hydroxylation is 1. The van der Waals surface area contributed by atoms with E-state index in [0.29, 0.717) is 22.1 Å². The smallest absolute Gasteiger partial charge is 0.348 e. The Morgan fingerprint density at radius 3 is 2.19 bits per heavy atom. The monoisotopic (exact) mass is 379 g/mol. The molecule has 26 heavy (non-hydrogen) atoms. The maximum Gasteiger partial charge on any atom is 0.348 e. The van der Waals surface area contributed by atoms with Crippen molar-refractivity contribution in [1.82, 2.24) is 5.32 Å². The molecule has 0 aliphatic rings. The lowest BCUT2D eigenvalue weighted by Gasteiger charge is -2.14. The summed E-state index contributed by atoms with van der Waals surface area (Å²) in [5, 5.41) is 2.69. The first-order valence-corrected chi connectivity index (χ1v) is 8.59. The van der Waals surface area contributed by atoms with E-state index in [1.165, 1.54) is 32.7 Å². The van der Waals surface area contributed by atoms with Crippen molar-refractivity contribution in [3.8, 4) is 17.2 Å². The highest BCUT2D eigenvalue weighted by Gasteiger charge is 2.15. The number of ether oxygens (including phenoxy) is 4. The Morgan fingerprint density at radius 2 is 1.69 bits per heavy atom. The molecule has 7 nitrogen and oxygen atoms in total. The van der Waals surface area contributed by atoms with E-state index in [-0.39, 0.29) is 13.2 Å². The van der Waals surface area contributed by atoms with E-state index in [2.05, 4.69) is 5.32 Å². The van der Waals surface area contributed by atoms with Gasteiger partial charge in [-0.2, -0.15) is 0 Å². The van der Waals surface area contributed by atoms with E-state index < -0.39 is 11.9 Å². The highest BCUT2D eigenvalue weighted by Crippen LogP contribution is 2.38. The SMILES string of the molecule is COc1cc(CNC(=O)COC(=O)c2ccc(C)s2)cc(OC)c1OC. The maximum absolute atomic E-state index is 11.9. The van der Waals surface area contributed by atoms with Crippen LogP contribution in [-0.2, 0) is 16.1 Å².